The normalized spacial score (nSPS) is 12.2. The molecule has 0 aliphatic carbocycles. The molecule has 0 atom stereocenters. The molecule has 0 bridgehead atoms. The van der Waals surface area contributed by atoms with E-state index in [1.807, 2.05) is 28.8 Å². The van der Waals surface area contributed by atoms with Crippen LogP contribution in [-0.2, 0) is 21.3 Å². The first-order chi connectivity index (χ1) is 15.9. The Morgan fingerprint density at radius 1 is 1.09 bits per heavy atom. The van der Waals surface area contributed by atoms with Gasteiger partial charge in [-0.15, -0.1) is 0 Å². The Hall–Kier alpha value is -2.98. The van der Waals surface area contributed by atoms with E-state index in [4.69, 9.17) is 16.3 Å². The molecule has 0 aliphatic heterocycles. The second kappa shape index (κ2) is 9.88. The molecule has 0 unspecified atom stereocenters. The van der Waals surface area contributed by atoms with Crippen LogP contribution in [0.1, 0.15) is 10.4 Å². The summed E-state index contributed by atoms with van der Waals surface area (Å²) < 4.78 is 35.9. The number of thiazole rings is 1. The van der Waals surface area contributed by atoms with Gasteiger partial charge in [-0.25, -0.2) is 8.42 Å². The number of methoxy groups -OCH3 is 1. The van der Waals surface area contributed by atoms with Gasteiger partial charge in [0.2, 0.25) is 0 Å². The van der Waals surface area contributed by atoms with Crippen molar-refractivity contribution in [2.75, 3.05) is 18.4 Å². The molecule has 10 heteroatoms. The molecular formula is C23H20ClN3O4S2. The lowest BCUT2D eigenvalue weighted by atomic mass is 10.2. The quantitative estimate of drug-likeness (QED) is 0.402. The number of ether oxygens (including phenoxy) is 1. The van der Waals surface area contributed by atoms with Crippen LogP contribution in [0, 0.1) is 0 Å². The van der Waals surface area contributed by atoms with E-state index >= 15 is 0 Å². The van der Waals surface area contributed by atoms with Gasteiger partial charge >= 0.3 is 0 Å². The highest BCUT2D eigenvalue weighted by molar-refractivity contribution is 7.92. The Balaban J connectivity index is 1.65. The number of amides is 1. The molecular weight excluding hydrogens is 482 g/mol. The average Bonchev–Trinajstić information content (AvgIpc) is 3.14. The summed E-state index contributed by atoms with van der Waals surface area (Å²) in [5.41, 5.74) is 1.49. The molecule has 33 heavy (non-hydrogen) atoms. The third-order valence-electron chi connectivity index (χ3n) is 4.79. The Kier molecular flexibility index (Phi) is 6.94. The summed E-state index contributed by atoms with van der Waals surface area (Å²) in [6.45, 7) is 1.03. The van der Waals surface area contributed by atoms with E-state index in [2.05, 4.69) is 9.71 Å². The number of anilines is 1. The highest BCUT2D eigenvalue weighted by Crippen LogP contribution is 2.20. The zero-order valence-electron chi connectivity index (χ0n) is 17.6. The summed E-state index contributed by atoms with van der Waals surface area (Å²) in [7, 11) is -2.21. The number of benzene rings is 3. The average molecular weight is 502 g/mol. The molecule has 1 heterocycles. The van der Waals surface area contributed by atoms with Gasteiger partial charge in [0, 0.05) is 29.9 Å². The fourth-order valence-corrected chi connectivity index (χ4v) is 5.43. The molecule has 4 rings (SSSR count). The van der Waals surface area contributed by atoms with Gasteiger partial charge in [0.15, 0.2) is 4.80 Å². The topological polar surface area (TPSA) is 89.8 Å². The maximum absolute atomic E-state index is 12.9. The van der Waals surface area contributed by atoms with Gasteiger partial charge in [0.1, 0.15) is 0 Å². The van der Waals surface area contributed by atoms with Gasteiger partial charge < -0.3 is 9.30 Å². The van der Waals surface area contributed by atoms with Crippen LogP contribution in [0.15, 0.2) is 82.7 Å². The first kappa shape index (κ1) is 23.2. The molecule has 0 saturated carbocycles. The Labute approximate surface area is 200 Å². The molecule has 0 saturated heterocycles. The standard InChI is InChI=1S/C23H20ClN3O4S2/c1-31-14-13-27-20-7-2-3-8-21(20)32-23(27)25-22(28)16-5-4-6-18(15-16)26-33(29,30)19-11-9-17(24)10-12-19/h2-12,15,26H,13-14H2,1H3. The summed E-state index contributed by atoms with van der Waals surface area (Å²) in [5.74, 6) is -0.472. The van der Waals surface area contributed by atoms with Crippen LogP contribution in [0.4, 0.5) is 5.69 Å². The molecule has 0 spiro atoms. The molecule has 0 radical (unpaired) electrons. The fourth-order valence-electron chi connectivity index (χ4n) is 3.20. The smallest absolute Gasteiger partial charge is 0.279 e. The van der Waals surface area contributed by atoms with Gasteiger partial charge in [-0.1, -0.05) is 41.1 Å². The van der Waals surface area contributed by atoms with Gasteiger partial charge in [-0.05, 0) is 54.6 Å². The number of nitrogens with one attached hydrogen (secondary N) is 1. The highest BCUT2D eigenvalue weighted by Gasteiger charge is 2.15. The van der Waals surface area contributed by atoms with Gasteiger partial charge in [0.05, 0.1) is 21.7 Å². The van der Waals surface area contributed by atoms with Crippen molar-refractivity contribution in [1.29, 1.82) is 0 Å². The van der Waals surface area contributed by atoms with Crippen LogP contribution in [0.25, 0.3) is 10.2 Å². The first-order valence-corrected chi connectivity index (χ1v) is 12.6. The lowest BCUT2D eigenvalue weighted by molar-refractivity contribution is 0.0997. The van der Waals surface area contributed by atoms with Crippen LogP contribution >= 0.6 is 22.9 Å². The SMILES string of the molecule is COCCn1c(=NC(=O)c2cccc(NS(=O)(=O)c3ccc(Cl)cc3)c2)sc2ccccc21. The molecule has 7 nitrogen and oxygen atoms in total. The molecule has 4 aromatic rings. The largest absolute Gasteiger partial charge is 0.383 e. The minimum atomic E-state index is -3.83. The molecule has 0 fully saturated rings. The zero-order chi connectivity index (χ0) is 23.4. The summed E-state index contributed by atoms with van der Waals surface area (Å²) in [6.07, 6.45) is 0. The Bertz CT molecular complexity index is 1480. The number of rotatable bonds is 7. The van der Waals surface area contributed by atoms with Crippen molar-refractivity contribution in [3.63, 3.8) is 0 Å². The number of para-hydroxylation sites is 1. The minimum absolute atomic E-state index is 0.0674. The number of carbonyl (C=O) groups excluding carboxylic acids is 1. The van der Waals surface area contributed by atoms with E-state index in [-0.39, 0.29) is 16.1 Å². The van der Waals surface area contributed by atoms with E-state index in [0.717, 1.165) is 10.2 Å². The maximum atomic E-state index is 12.9. The number of nitrogens with zero attached hydrogens (tertiary/aromatic N) is 2. The third kappa shape index (κ3) is 5.33. The van der Waals surface area contributed by atoms with Crippen LogP contribution < -0.4 is 9.52 Å². The lowest BCUT2D eigenvalue weighted by Gasteiger charge is -2.09. The van der Waals surface area contributed by atoms with E-state index < -0.39 is 15.9 Å². The van der Waals surface area contributed by atoms with Crippen molar-refractivity contribution < 1.29 is 17.9 Å². The number of fused-ring (bicyclic) bond motifs is 1. The van der Waals surface area contributed by atoms with E-state index in [0.29, 0.717) is 23.0 Å². The predicted molar refractivity (Wildman–Crippen MR) is 130 cm³/mol. The van der Waals surface area contributed by atoms with E-state index in [1.54, 1.807) is 25.3 Å². The van der Waals surface area contributed by atoms with Crippen molar-refractivity contribution in [3.8, 4) is 0 Å². The number of hydrogen-bond donors (Lipinski definition) is 1. The van der Waals surface area contributed by atoms with Gasteiger partial charge in [0.25, 0.3) is 15.9 Å². The second-order valence-corrected chi connectivity index (χ2v) is 10.2. The van der Waals surface area contributed by atoms with Crippen molar-refractivity contribution in [2.24, 2.45) is 4.99 Å². The number of carbonyl (C=O) groups is 1. The van der Waals surface area contributed by atoms with Crippen LogP contribution in [0.3, 0.4) is 0 Å². The number of aromatic nitrogens is 1. The van der Waals surface area contributed by atoms with Crippen LogP contribution in [-0.4, -0.2) is 32.6 Å². The minimum Gasteiger partial charge on any atom is -0.383 e. The molecule has 1 amide bonds. The summed E-state index contributed by atoms with van der Waals surface area (Å²) in [4.78, 5) is 17.9. The first-order valence-electron chi connectivity index (χ1n) is 9.92. The van der Waals surface area contributed by atoms with Crippen LogP contribution in [0.2, 0.25) is 5.02 Å². The Morgan fingerprint density at radius 2 is 1.85 bits per heavy atom. The van der Waals surface area contributed by atoms with Crippen molar-refractivity contribution >= 4 is 54.8 Å². The molecule has 1 N–H and O–H groups in total. The second-order valence-electron chi connectivity index (χ2n) is 7.05. The predicted octanol–water partition coefficient (Wildman–Crippen LogP) is 4.54. The molecule has 0 aliphatic rings. The Morgan fingerprint density at radius 3 is 2.61 bits per heavy atom. The fraction of sp³-hybridized carbons (Fsp3) is 0.130. The highest BCUT2D eigenvalue weighted by atomic mass is 35.5. The summed E-state index contributed by atoms with van der Waals surface area (Å²) in [5, 5.41) is 0.437. The number of hydrogen-bond acceptors (Lipinski definition) is 5. The van der Waals surface area contributed by atoms with Gasteiger partial charge in [-0.3, -0.25) is 9.52 Å². The van der Waals surface area contributed by atoms with Crippen LogP contribution in [0.5, 0.6) is 0 Å². The van der Waals surface area contributed by atoms with Crippen molar-refractivity contribution in [1.82, 2.24) is 4.57 Å². The molecule has 3 aromatic carbocycles. The van der Waals surface area contributed by atoms with Gasteiger partial charge in [-0.2, -0.15) is 4.99 Å². The lowest BCUT2D eigenvalue weighted by Crippen LogP contribution is -2.19. The molecule has 170 valence electrons. The summed E-state index contributed by atoms with van der Waals surface area (Å²) in [6, 6.07) is 19.9. The monoisotopic (exact) mass is 501 g/mol. The number of sulfonamides is 1. The third-order valence-corrected chi connectivity index (χ3v) is 7.50. The number of halogens is 1. The zero-order valence-corrected chi connectivity index (χ0v) is 20.0. The van der Waals surface area contributed by atoms with Crippen molar-refractivity contribution in [3.05, 3.63) is 88.2 Å². The van der Waals surface area contributed by atoms with E-state index in [9.17, 15) is 13.2 Å². The van der Waals surface area contributed by atoms with Crippen molar-refractivity contribution in [2.45, 2.75) is 11.4 Å². The van der Waals surface area contributed by atoms with E-state index in [1.165, 1.54) is 41.7 Å². The summed E-state index contributed by atoms with van der Waals surface area (Å²) >= 11 is 7.25. The maximum Gasteiger partial charge on any atom is 0.279 e. The molecule has 1 aromatic heterocycles.